The molecule has 0 atom stereocenters. The second-order valence-electron chi connectivity index (χ2n) is 7.99. The third-order valence-corrected chi connectivity index (χ3v) is 5.40. The van der Waals surface area contributed by atoms with Crippen molar-refractivity contribution >= 4 is 29.5 Å². The molecule has 8 heteroatoms. The number of ketones is 2. The summed E-state index contributed by atoms with van der Waals surface area (Å²) in [5.74, 6) is -1.71. The number of rotatable bonds is 9. The second-order valence-corrected chi connectivity index (χ2v) is 7.99. The maximum absolute atomic E-state index is 12.5. The SMILES string of the molecule is N#C/C(=C\c1ccc(OC(=O)c2ccc(C(=O)C(=O)c3ccccc3)cc2)cc1)C(=O)NCc1ccco1. The maximum Gasteiger partial charge on any atom is 0.343 e. The highest BCUT2D eigenvalue weighted by Gasteiger charge is 2.19. The zero-order valence-electron chi connectivity index (χ0n) is 19.9. The minimum absolute atomic E-state index is 0.0957. The number of amides is 1. The van der Waals surface area contributed by atoms with Crippen LogP contribution in [0.25, 0.3) is 6.08 Å². The van der Waals surface area contributed by atoms with Crippen LogP contribution in [0.4, 0.5) is 0 Å². The van der Waals surface area contributed by atoms with Crippen LogP contribution in [0.5, 0.6) is 5.75 Å². The van der Waals surface area contributed by atoms with Crippen molar-refractivity contribution in [3.8, 4) is 11.8 Å². The molecule has 38 heavy (non-hydrogen) atoms. The first-order chi connectivity index (χ1) is 18.4. The Labute approximate surface area is 217 Å². The monoisotopic (exact) mass is 504 g/mol. The zero-order chi connectivity index (χ0) is 26.9. The summed E-state index contributed by atoms with van der Waals surface area (Å²) in [7, 11) is 0. The molecule has 8 nitrogen and oxygen atoms in total. The lowest BCUT2D eigenvalue weighted by molar-refractivity contribution is -0.117. The first kappa shape index (κ1) is 25.5. The average Bonchev–Trinajstić information content (AvgIpc) is 3.49. The van der Waals surface area contributed by atoms with E-state index in [1.807, 2.05) is 6.07 Å². The van der Waals surface area contributed by atoms with Crippen molar-refractivity contribution in [1.82, 2.24) is 5.32 Å². The molecule has 0 unspecified atom stereocenters. The van der Waals surface area contributed by atoms with E-state index in [4.69, 9.17) is 9.15 Å². The van der Waals surface area contributed by atoms with Gasteiger partial charge in [-0.2, -0.15) is 5.26 Å². The van der Waals surface area contributed by atoms with Crippen LogP contribution in [0.3, 0.4) is 0 Å². The number of benzene rings is 3. The molecule has 1 heterocycles. The molecule has 0 fully saturated rings. The first-order valence-corrected chi connectivity index (χ1v) is 11.4. The van der Waals surface area contributed by atoms with Gasteiger partial charge >= 0.3 is 5.97 Å². The number of carbonyl (C=O) groups is 4. The molecule has 1 aromatic heterocycles. The topological polar surface area (TPSA) is 126 Å². The number of hydrogen-bond acceptors (Lipinski definition) is 7. The van der Waals surface area contributed by atoms with Gasteiger partial charge < -0.3 is 14.5 Å². The van der Waals surface area contributed by atoms with E-state index in [0.29, 0.717) is 11.3 Å². The van der Waals surface area contributed by atoms with Crippen molar-refractivity contribution < 1.29 is 28.3 Å². The van der Waals surface area contributed by atoms with Crippen LogP contribution in [0.1, 0.15) is 42.4 Å². The van der Waals surface area contributed by atoms with Gasteiger partial charge in [0.15, 0.2) is 0 Å². The minimum atomic E-state index is -0.675. The van der Waals surface area contributed by atoms with Gasteiger partial charge in [0.1, 0.15) is 23.2 Å². The van der Waals surface area contributed by atoms with E-state index in [1.165, 1.54) is 48.7 Å². The van der Waals surface area contributed by atoms with Crippen LogP contribution >= 0.6 is 0 Å². The zero-order valence-corrected chi connectivity index (χ0v) is 19.9. The third kappa shape index (κ3) is 6.36. The predicted molar refractivity (Wildman–Crippen MR) is 137 cm³/mol. The number of ether oxygens (including phenoxy) is 1. The highest BCUT2D eigenvalue weighted by atomic mass is 16.5. The van der Waals surface area contributed by atoms with E-state index in [0.717, 1.165) is 0 Å². The maximum atomic E-state index is 12.5. The van der Waals surface area contributed by atoms with Crippen molar-refractivity contribution in [3.05, 3.63) is 131 Å². The van der Waals surface area contributed by atoms with E-state index in [1.54, 1.807) is 54.6 Å². The van der Waals surface area contributed by atoms with Crippen molar-refractivity contribution in [2.45, 2.75) is 6.54 Å². The second kappa shape index (κ2) is 11.9. The largest absolute Gasteiger partial charge is 0.467 e. The van der Waals surface area contributed by atoms with Gasteiger partial charge in [0, 0.05) is 11.1 Å². The van der Waals surface area contributed by atoms with Crippen molar-refractivity contribution in [1.29, 1.82) is 5.26 Å². The van der Waals surface area contributed by atoms with Crippen LogP contribution in [-0.2, 0) is 11.3 Å². The summed E-state index contributed by atoms with van der Waals surface area (Å²) in [5, 5.41) is 11.9. The Morgan fingerprint density at radius 1 is 0.789 bits per heavy atom. The summed E-state index contributed by atoms with van der Waals surface area (Å²) in [6.45, 7) is 0.151. The van der Waals surface area contributed by atoms with Crippen LogP contribution < -0.4 is 10.1 Å². The number of Topliss-reactive ketones (excluding diaryl/α,β-unsaturated/α-hetero) is 2. The quantitative estimate of drug-likeness (QED) is 0.0867. The van der Waals surface area contributed by atoms with E-state index in [-0.39, 0.29) is 34.6 Å². The fourth-order valence-corrected chi connectivity index (χ4v) is 3.40. The van der Waals surface area contributed by atoms with Gasteiger partial charge in [-0.1, -0.05) is 54.6 Å². The van der Waals surface area contributed by atoms with E-state index < -0.39 is 23.4 Å². The van der Waals surface area contributed by atoms with Gasteiger partial charge in [-0.3, -0.25) is 14.4 Å². The summed E-state index contributed by atoms with van der Waals surface area (Å²) in [4.78, 5) is 49.6. The van der Waals surface area contributed by atoms with Crippen LogP contribution in [-0.4, -0.2) is 23.4 Å². The molecule has 0 aliphatic rings. The van der Waals surface area contributed by atoms with Gasteiger partial charge in [-0.25, -0.2) is 4.79 Å². The summed E-state index contributed by atoms with van der Waals surface area (Å²) < 4.78 is 10.5. The molecular weight excluding hydrogens is 484 g/mol. The number of hydrogen-bond donors (Lipinski definition) is 1. The molecule has 0 saturated carbocycles. The third-order valence-electron chi connectivity index (χ3n) is 5.40. The highest BCUT2D eigenvalue weighted by molar-refractivity contribution is 6.49. The summed E-state index contributed by atoms with van der Waals surface area (Å²) >= 11 is 0. The fourth-order valence-electron chi connectivity index (χ4n) is 3.40. The standard InChI is InChI=1S/C30H20N2O6/c31-18-24(29(35)32-19-26-7-4-16-37-26)17-20-8-14-25(15-9-20)38-30(36)23-12-10-22(11-13-23)28(34)27(33)21-5-2-1-3-6-21/h1-17H,19H2,(H,32,35)/b24-17+. The number of carbonyl (C=O) groups excluding carboxylic acids is 4. The van der Waals surface area contributed by atoms with Crippen molar-refractivity contribution in [3.63, 3.8) is 0 Å². The van der Waals surface area contributed by atoms with E-state index in [2.05, 4.69) is 5.32 Å². The summed E-state index contributed by atoms with van der Waals surface area (Å²) in [6, 6.07) is 25.3. The number of furan rings is 1. The molecule has 0 aliphatic carbocycles. The highest BCUT2D eigenvalue weighted by Crippen LogP contribution is 2.17. The molecule has 0 bridgehead atoms. The Kier molecular flexibility index (Phi) is 8.01. The van der Waals surface area contributed by atoms with Gasteiger partial charge in [0.25, 0.3) is 5.91 Å². The number of esters is 1. The predicted octanol–water partition coefficient (Wildman–Crippen LogP) is 4.79. The molecule has 4 rings (SSSR count). The minimum Gasteiger partial charge on any atom is -0.467 e. The smallest absolute Gasteiger partial charge is 0.343 e. The Morgan fingerprint density at radius 3 is 2.03 bits per heavy atom. The van der Waals surface area contributed by atoms with Gasteiger partial charge in [0.2, 0.25) is 11.6 Å². The lowest BCUT2D eigenvalue weighted by atomic mass is 10.0. The van der Waals surface area contributed by atoms with Crippen LogP contribution in [0.15, 0.2) is 107 Å². The Balaban J connectivity index is 1.36. The van der Waals surface area contributed by atoms with E-state index in [9.17, 15) is 24.4 Å². The molecule has 1 amide bonds. The van der Waals surface area contributed by atoms with Gasteiger partial charge in [0.05, 0.1) is 18.4 Å². The molecule has 1 N–H and O–H groups in total. The number of nitriles is 1. The first-order valence-electron chi connectivity index (χ1n) is 11.4. The van der Waals surface area contributed by atoms with Crippen LogP contribution in [0, 0.1) is 11.3 Å². The van der Waals surface area contributed by atoms with E-state index >= 15 is 0 Å². The Hall–Kier alpha value is -5.55. The molecule has 186 valence electrons. The Bertz CT molecular complexity index is 1530. The molecule has 3 aromatic carbocycles. The van der Waals surface area contributed by atoms with Crippen LogP contribution in [0.2, 0.25) is 0 Å². The van der Waals surface area contributed by atoms with Crippen molar-refractivity contribution in [2.24, 2.45) is 0 Å². The Morgan fingerprint density at radius 2 is 1.42 bits per heavy atom. The fraction of sp³-hybridized carbons (Fsp3) is 0.0333. The molecule has 0 saturated heterocycles. The summed E-state index contributed by atoms with van der Waals surface area (Å²) in [5.41, 5.74) is 1.10. The lowest BCUT2D eigenvalue weighted by Crippen LogP contribution is -2.23. The number of nitrogens with one attached hydrogen (secondary N) is 1. The molecule has 0 radical (unpaired) electrons. The molecular formula is C30H20N2O6. The lowest BCUT2D eigenvalue weighted by Gasteiger charge is -2.06. The molecule has 4 aromatic rings. The van der Waals surface area contributed by atoms with Gasteiger partial charge in [-0.05, 0) is 48.0 Å². The average molecular weight is 504 g/mol. The molecule has 0 aliphatic heterocycles. The summed E-state index contributed by atoms with van der Waals surface area (Å²) in [6.07, 6.45) is 2.90. The number of nitrogens with zero attached hydrogens (tertiary/aromatic N) is 1. The van der Waals surface area contributed by atoms with Crippen molar-refractivity contribution in [2.75, 3.05) is 0 Å². The normalized spacial score (nSPS) is 10.8. The van der Waals surface area contributed by atoms with Gasteiger partial charge in [-0.15, -0.1) is 0 Å². The molecule has 0 spiro atoms.